The van der Waals surface area contributed by atoms with Crippen LogP contribution in [0.25, 0.3) is 0 Å². The lowest BCUT2D eigenvalue weighted by Crippen LogP contribution is -2.17. The van der Waals surface area contributed by atoms with E-state index in [0.29, 0.717) is 29.2 Å². The Balaban J connectivity index is 1.53. The molecule has 0 spiro atoms. The summed E-state index contributed by atoms with van der Waals surface area (Å²) in [5.74, 6) is 0.361. The Morgan fingerprint density at radius 3 is 2.35 bits per heavy atom. The molecule has 3 aromatic rings. The lowest BCUT2D eigenvalue weighted by Gasteiger charge is -2.07. The van der Waals surface area contributed by atoms with Gasteiger partial charge >= 0.3 is 5.97 Å². The lowest BCUT2D eigenvalue weighted by molar-refractivity contribution is 0.0734. The third-order valence-corrected chi connectivity index (χ3v) is 4.61. The van der Waals surface area contributed by atoms with Crippen LogP contribution in [0.1, 0.15) is 39.6 Å². The average molecular weight is 481 g/mol. The summed E-state index contributed by atoms with van der Waals surface area (Å²) in [5, 5.41) is 3.96. The van der Waals surface area contributed by atoms with E-state index in [2.05, 4.69) is 26.5 Å². The molecule has 0 aromatic heterocycles. The molecule has 0 saturated heterocycles. The van der Waals surface area contributed by atoms with Gasteiger partial charge in [0.15, 0.2) is 0 Å². The first-order chi connectivity index (χ1) is 15.0. The number of hydrogen-bond acceptors (Lipinski definition) is 5. The first kappa shape index (κ1) is 22.2. The van der Waals surface area contributed by atoms with E-state index >= 15 is 0 Å². The van der Waals surface area contributed by atoms with Gasteiger partial charge in [0.25, 0.3) is 5.91 Å². The molecule has 0 bridgehead atoms. The van der Waals surface area contributed by atoms with Crippen molar-refractivity contribution >= 4 is 34.0 Å². The van der Waals surface area contributed by atoms with E-state index in [1.807, 2.05) is 13.0 Å². The van der Waals surface area contributed by atoms with Gasteiger partial charge in [-0.2, -0.15) is 5.10 Å². The lowest BCUT2D eigenvalue weighted by atomic mass is 10.2. The van der Waals surface area contributed by atoms with Crippen LogP contribution < -0.4 is 14.9 Å². The number of esters is 1. The van der Waals surface area contributed by atoms with Crippen LogP contribution in [-0.2, 0) is 0 Å². The molecule has 0 radical (unpaired) electrons. The SMILES string of the molecule is CCCOc1ccc(C(=O)Oc2ccc(C=NNC(=O)c3cccc(Br)c3)cc2)cc1. The molecule has 3 aromatic carbocycles. The Hall–Kier alpha value is -3.45. The Morgan fingerprint density at radius 1 is 0.968 bits per heavy atom. The van der Waals surface area contributed by atoms with E-state index in [1.165, 1.54) is 6.21 Å². The number of amides is 1. The summed E-state index contributed by atoms with van der Waals surface area (Å²) < 4.78 is 11.7. The second-order valence-corrected chi connectivity index (χ2v) is 7.46. The smallest absolute Gasteiger partial charge is 0.343 e. The van der Waals surface area contributed by atoms with Crippen LogP contribution in [0.5, 0.6) is 11.5 Å². The maximum atomic E-state index is 12.3. The van der Waals surface area contributed by atoms with Gasteiger partial charge in [0.05, 0.1) is 18.4 Å². The van der Waals surface area contributed by atoms with Crippen molar-refractivity contribution in [2.45, 2.75) is 13.3 Å². The minimum absolute atomic E-state index is 0.311. The predicted molar refractivity (Wildman–Crippen MR) is 123 cm³/mol. The average Bonchev–Trinajstić information content (AvgIpc) is 2.79. The fraction of sp³-hybridized carbons (Fsp3) is 0.125. The molecule has 0 aliphatic rings. The number of carbonyl (C=O) groups excluding carboxylic acids is 2. The maximum Gasteiger partial charge on any atom is 0.343 e. The molecular formula is C24H21BrN2O4. The third kappa shape index (κ3) is 6.79. The van der Waals surface area contributed by atoms with Crippen molar-refractivity contribution in [3.05, 3.63) is 94.0 Å². The van der Waals surface area contributed by atoms with Crippen LogP contribution in [0.3, 0.4) is 0 Å². The Kier molecular flexibility index (Phi) is 7.95. The number of hydrogen-bond donors (Lipinski definition) is 1. The standard InChI is InChI=1S/C24H21BrN2O4/c1-2-14-30-21-12-8-18(9-13-21)24(29)31-22-10-6-17(7-11-22)16-26-27-23(28)19-4-3-5-20(25)15-19/h3-13,15-16H,2,14H2,1H3,(H,27,28). The Morgan fingerprint density at radius 2 is 1.68 bits per heavy atom. The molecule has 0 unspecified atom stereocenters. The van der Waals surface area contributed by atoms with Gasteiger partial charge < -0.3 is 9.47 Å². The first-order valence-electron chi connectivity index (χ1n) is 9.69. The number of carbonyl (C=O) groups is 2. The van der Waals surface area contributed by atoms with Crippen molar-refractivity contribution in [2.75, 3.05) is 6.61 Å². The van der Waals surface area contributed by atoms with E-state index in [1.54, 1.807) is 66.7 Å². The normalized spacial score (nSPS) is 10.6. The van der Waals surface area contributed by atoms with E-state index < -0.39 is 5.97 Å². The van der Waals surface area contributed by atoms with Crippen LogP contribution in [0.2, 0.25) is 0 Å². The van der Waals surface area contributed by atoms with Crippen LogP contribution in [0.15, 0.2) is 82.4 Å². The van der Waals surface area contributed by atoms with Crippen molar-refractivity contribution in [1.29, 1.82) is 0 Å². The molecule has 158 valence electrons. The van der Waals surface area contributed by atoms with Gasteiger partial charge in [-0.05, 0) is 78.7 Å². The fourth-order valence-electron chi connectivity index (χ4n) is 2.55. The molecule has 1 N–H and O–H groups in total. The summed E-state index contributed by atoms with van der Waals surface area (Å²) in [4.78, 5) is 24.3. The summed E-state index contributed by atoms with van der Waals surface area (Å²) in [6.45, 7) is 2.66. The van der Waals surface area contributed by atoms with Gasteiger partial charge in [0.1, 0.15) is 11.5 Å². The number of nitrogens with one attached hydrogen (secondary N) is 1. The minimum atomic E-state index is -0.454. The van der Waals surface area contributed by atoms with Crippen LogP contribution >= 0.6 is 15.9 Å². The molecule has 0 saturated carbocycles. The second-order valence-electron chi connectivity index (χ2n) is 6.54. The van der Waals surface area contributed by atoms with E-state index in [9.17, 15) is 9.59 Å². The molecule has 0 aliphatic carbocycles. The largest absolute Gasteiger partial charge is 0.494 e. The molecule has 7 heteroatoms. The van der Waals surface area contributed by atoms with E-state index in [-0.39, 0.29) is 5.91 Å². The van der Waals surface area contributed by atoms with Crippen molar-refractivity contribution in [3.63, 3.8) is 0 Å². The quantitative estimate of drug-likeness (QED) is 0.207. The van der Waals surface area contributed by atoms with Crippen LogP contribution in [-0.4, -0.2) is 24.7 Å². The molecule has 0 aliphatic heterocycles. The highest BCUT2D eigenvalue weighted by Crippen LogP contribution is 2.17. The monoisotopic (exact) mass is 480 g/mol. The highest BCUT2D eigenvalue weighted by Gasteiger charge is 2.09. The molecule has 6 nitrogen and oxygen atoms in total. The summed E-state index contributed by atoms with van der Waals surface area (Å²) in [7, 11) is 0. The van der Waals surface area contributed by atoms with Gasteiger partial charge in [0, 0.05) is 10.0 Å². The van der Waals surface area contributed by atoms with Gasteiger partial charge in [-0.15, -0.1) is 0 Å². The minimum Gasteiger partial charge on any atom is -0.494 e. The molecule has 0 heterocycles. The van der Waals surface area contributed by atoms with Crippen molar-refractivity contribution in [1.82, 2.24) is 5.43 Å². The molecule has 0 fully saturated rings. The first-order valence-corrected chi connectivity index (χ1v) is 10.5. The van der Waals surface area contributed by atoms with Crippen molar-refractivity contribution < 1.29 is 19.1 Å². The number of rotatable bonds is 8. The summed E-state index contributed by atoms with van der Waals surface area (Å²) >= 11 is 3.33. The Labute approximate surface area is 189 Å². The Bertz CT molecular complexity index is 1060. The summed E-state index contributed by atoms with van der Waals surface area (Å²) in [6, 6.07) is 20.6. The zero-order valence-corrected chi connectivity index (χ0v) is 18.5. The second kappa shape index (κ2) is 11.1. The highest BCUT2D eigenvalue weighted by molar-refractivity contribution is 9.10. The zero-order chi connectivity index (χ0) is 22.1. The van der Waals surface area contributed by atoms with Crippen molar-refractivity contribution in [2.24, 2.45) is 5.10 Å². The zero-order valence-electron chi connectivity index (χ0n) is 16.9. The molecule has 1 amide bonds. The number of benzene rings is 3. The van der Waals surface area contributed by atoms with Crippen LogP contribution in [0.4, 0.5) is 0 Å². The molecular weight excluding hydrogens is 460 g/mol. The van der Waals surface area contributed by atoms with Crippen molar-refractivity contribution in [3.8, 4) is 11.5 Å². The number of hydrazone groups is 1. The number of halogens is 1. The topological polar surface area (TPSA) is 77.0 Å². The summed E-state index contributed by atoms with van der Waals surface area (Å²) in [6.07, 6.45) is 2.43. The van der Waals surface area contributed by atoms with E-state index in [4.69, 9.17) is 9.47 Å². The van der Waals surface area contributed by atoms with Gasteiger partial charge in [-0.25, -0.2) is 10.2 Å². The molecule has 3 rings (SSSR count). The van der Waals surface area contributed by atoms with Gasteiger partial charge in [-0.1, -0.05) is 28.9 Å². The molecule has 0 atom stereocenters. The fourth-order valence-corrected chi connectivity index (χ4v) is 2.95. The number of nitrogens with zero attached hydrogens (tertiary/aromatic N) is 1. The highest BCUT2D eigenvalue weighted by atomic mass is 79.9. The van der Waals surface area contributed by atoms with E-state index in [0.717, 1.165) is 16.5 Å². The predicted octanol–water partition coefficient (Wildman–Crippen LogP) is 5.22. The van der Waals surface area contributed by atoms with Gasteiger partial charge in [0.2, 0.25) is 0 Å². The van der Waals surface area contributed by atoms with Gasteiger partial charge in [-0.3, -0.25) is 4.79 Å². The van der Waals surface area contributed by atoms with Crippen LogP contribution in [0, 0.1) is 0 Å². The molecule has 31 heavy (non-hydrogen) atoms. The maximum absolute atomic E-state index is 12.3. The third-order valence-electron chi connectivity index (χ3n) is 4.12. The summed E-state index contributed by atoms with van der Waals surface area (Å²) in [5.41, 5.74) is 4.15. The number of ether oxygens (including phenoxy) is 2.